The van der Waals surface area contributed by atoms with Gasteiger partial charge in [-0.25, -0.2) is 4.39 Å². The second-order valence-electron chi connectivity index (χ2n) is 2.54. The highest BCUT2D eigenvalue weighted by molar-refractivity contribution is 9.09. The van der Waals surface area contributed by atoms with Gasteiger partial charge in [0.15, 0.2) is 0 Å². The highest BCUT2D eigenvalue weighted by Crippen LogP contribution is 2.18. The zero-order valence-corrected chi connectivity index (χ0v) is 8.28. The monoisotopic (exact) mass is 249 g/mol. The van der Waals surface area contributed by atoms with Crippen LogP contribution in [-0.4, -0.2) is 26.6 Å². The Morgan fingerprint density at radius 1 is 1.54 bits per heavy atom. The minimum Gasteiger partial charge on any atom is -0.389 e. The Morgan fingerprint density at radius 2 is 2.23 bits per heavy atom. The molecule has 1 heterocycles. The minimum atomic E-state index is -1.29. The van der Waals surface area contributed by atoms with Crippen molar-refractivity contribution in [2.45, 2.75) is 12.2 Å². The van der Waals surface area contributed by atoms with Crippen LogP contribution in [0.5, 0.6) is 0 Å². The summed E-state index contributed by atoms with van der Waals surface area (Å²) in [6.45, 7) is 0. The summed E-state index contributed by atoms with van der Waals surface area (Å²) in [7, 11) is 0. The molecule has 0 aliphatic heterocycles. The van der Waals surface area contributed by atoms with Gasteiger partial charge < -0.3 is 10.2 Å². The average molecular weight is 250 g/mol. The van der Waals surface area contributed by atoms with Gasteiger partial charge in [0.05, 0.1) is 6.10 Å². The first-order valence-electron chi connectivity index (χ1n) is 3.69. The van der Waals surface area contributed by atoms with Gasteiger partial charge in [0, 0.05) is 11.5 Å². The summed E-state index contributed by atoms with van der Waals surface area (Å²) >= 11 is 2.98. The molecule has 1 aromatic rings. The molecule has 0 saturated carbocycles. The molecule has 0 bridgehead atoms. The van der Waals surface area contributed by atoms with E-state index in [1.807, 2.05) is 0 Å². The molecule has 1 rings (SSSR count). The average Bonchev–Trinajstić information content (AvgIpc) is 2.16. The number of hydrogen-bond donors (Lipinski definition) is 2. The fourth-order valence-corrected chi connectivity index (χ4v) is 1.24. The lowest BCUT2D eigenvalue weighted by Crippen LogP contribution is -2.21. The summed E-state index contributed by atoms with van der Waals surface area (Å²) in [5, 5.41) is 18.8. The van der Waals surface area contributed by atoms with Crippen molar-refractivity contribution in [1.29, 1.82) is 0 Å². The van der Waals surface area contributed by atoms with Gasteiger partial charge in [0.1, 0.15) is 17.6 Å². The maximum atomic E-state index is 13.0. The molecule has 0 amide bonds. The number of aliphatic hydroxyl groups is 2. The first kappa shape index (κ1) is 10.6. The lowest BCUT2D eigenvalue weighted by molar-refractivity contribution is 0.0290. The van der Waals surface area contributed by atoms with Crippen molar-refractivity contribution >= 4 is 15.9 Å². The van der Waals surface area contributed by atoms with Crippen molar-refractivity contribution < 1.29 is 14.6 Å². The number of pyridine rings is 1. The van der Waals surface area contributed by atoms with E-state index in [-0.39, 0.29) is 11.0 Å². The zero-order valence-electron chi connectivity index (χ0n) is 6.69. The second-order valence-corrected chi connectivity index (χ2v) is 3.18. The van der Waals surface area contributed by atoms with E-state index < -0.39 is 18.0 Å². The number of aromatic nitrogens is 1. The van der Waals surface area contributed by atoms with Crippen LogP contribution in [-0.2, 0) is 0 Å². The SMILES string of the molecule is OC(CBr)C(O)c1ncccc1F. The largest absolute Gasteiger partial charge is 0.389 e. The molecule has 13 heavy (non-hydrogen) atoms. The first-order valence-corrected chi connectivity index (χ1v) is 4.81. The summed E-state index contributed by atoms with van der Waals surface area (Å²) in [6, 6.07) is 2.61. The van der Waals surface area contributed by atoms with Crippen LogP contribution in [0.4, 0.5) is 4.39 Å². The maximum Gasteiger partial charge on any atom is 0.147 e. The summed E-state index contributed by atoms with van der Waals surface area (Å²) < 4.78 is 13.0. The Kier molecular flexibility index (Phi) is 3.77. The molecule has 72 valence electrons. The van der Waals surface area contributed by atoms with Crippen molar-refractivity contribution in [1.82, 2.24) is 4.98 Å². The van der Waals surface area contributed by atoms with Crippen LogP contribution in [0.2, 0.25) is 0 Å². The zero-order chi connectivity index (χ0) is 9.84. The van der Waals surface area contributed by atoms with Crippen LogP contribution in [0, 0.1) is 5.82 Å². The molecular formula is C8H9BrFNO2. The first-order chi connectivity index (χ1) is 6.16. The molecule has 1 aromatic heterocycles. The molecule has 0 spiro atoms. The van der Waals surface area contributed by atoms with Gasteiger partial charge in [-0.3, -0.25) is 4.98 Å². The summed E-state index contributed by atoms with van der Waals surface area (Å²) in [5.74, 6) is -0.616. The lowest BCUT2D eigenvalue weighted by atomic mass is 10.1. The Balaban J connectivity index is 2.88. The van der Waals surface area contributed by atoms with E-state index in [9.17, 15) is 14.6 Å². The smallest absolute Gasteiger partial charge is 0.147 e. The summed E-state index contributed by atoms with van der Waals surface area (Å²) in [5.41, 5.74) is -0.130. The molecule has 3 nitrogen and oxygen atoms in total. The molecule has 2 atom stereocenters. The third-order valence-corrected chi connectivity index (χ3v) is 2.25. The molecule has 2 N–H and O–H groups in total. The van der Waals surface area contributed by atoms with Gasteiger partial charge in [0.25, 0.3) is 0 Å². The fourth-order valence-electron chi connectivity index (χ4n) is 0.882. The van der Waals surface area contributed by atoms with E-state index in [0.29, 0.717) is 0 Å². The Labute approximate surface area is 83.4 Å². The molecule has 0 saturated heterocycles. The fraction of sp³-hybridized carbons (Fsp3) is 0.375. The molecule has 0 radical (unpaired) electrons. The van der Waals surface area contributed by atoms with Crippen LogP contribution >= 0.6 is 15.9 Å². The van der Waals surface area contributed by atoms with Gasteiger partial charge in [0.2, 0.25) is 0 Å². The van der Waals surface area contributed by atoms with Gasteiger partial charge >= 0.3 is 0 Å². The highest BCUT2D eigenvalue weighted by Gasteiger charge is 2.21. The van der Waals surface area contributed by atoms with Crippen LogP contribution in [0.3, 0.4) is 0 Å². The van der Waals surface area contributed by atoms with Crippen molar-refractivity contribution in [2.24, 2.45) is 0 Å². The van der Waals surface area contributed by atoms with Gasteiger partial charge in [-0.15, -0.1) is 0 Å². The van der Waals surface area contributed by atoms with E-state index in [1.165, 1.54) is 18.3 Å². The predicted octanol–water partition coefficient (Wildman–Crippen LogP) is 1.01. The molecule has 0 aliphatic carbocycles. The molecule has 5 heteroatoms. The molecular weight excluding hydrogens is 241 g/mol. The minimum absolute atomic E-state index is 0.130. The predicted molar refractivity (Wildman–Crippen MR) is 49.0 cm³/mol. The Hall–Kier alpha value is -0.520. The maximum absolute atomic E-state index is 13.0. The van der Waals surface area contributed by atoms with Crippen LogP contribution in [0.15, 0.2) is 18.3 Å². The van der Waals surface area contributed by atoms with E-state index in [1.54, 1.807) is 0 Å². The molecule has 0 fully saturated rings. The Bertz CT molecular complexity index is 285. The van der Waals surface area contributed by atoms with Crippen LogP contribution < -0.4 is 0 Å². The standard InChI is InChI=1S/C8H9BrFNO2/c9-4-6(12)8(13)7-5(10)2-1-3-11-7/h1-3,6,8,12-13H,4H2. The third-order valence-electron chi connectivity index (χ3n) is 1.59. The number of aliphatic hydroxyl groups excluding tert-OH is 2. The lowest BCUT2D eigenvalue weighted by Gasteiger charge is -2.14. The second kappa shape index (κ2) is 4.64. The van der Waals surface area contributed by atoms with E-state index >= 15 is 0 Å². The third kappa shape index (κ3) is 2.46. The number of rotatable bonds is 3. The van der Waals surface area contributed by atoms with E-state index in [4.69, 9.17) is 0 Å². The molecule has 0 aromatic carbocycles. The van der Waals surface area contributed by atoms with Crippen molar-refractivity contribution in [3.05, 3.63) is 29.8 Å². The molecule has 2 unspecified atom stereocenters. The number of nitrogens with zero attached hydrogens (tertiary/aromatic N) is 1. The molecule has 0 aliphatic rings. The quantitative estimate of drug-likeness (QED) is 0.787. The van der Waals surface area contributed by atoms with Gasteiger partial charge in [-0.2, -0.15) is 0 Å². The Morgan fingerprint density at radius 3 is 2.77 bits per heavy atom. The highest BCUT2D eigenvalue weighted by atomic mass is 79.9. The van der Waals surface area contributed by atoms with Crippen molar-refractivity contribution in [3.8, 4) is 0 Å². The van der Waals surface area contributed by atoms with Gasteiger partial charge in [-0.1, -0.05) is 15.9 Å². The normalized spacial score (nSPS) is 15.4. The van der Waals surface area contributed by atoms with Gasteiger partial charge in [-0.05, 0) is 12.1 Å². The van der Waals surface area contributed by atoms with Crippen molar-refractivity contribution in [2.75, 3.05) is 5.33 Å². The van der Waals surface area contributed by atoms with E-state index in [2.05, 4.69) is 20.9 Å². The number of halogens is 2. The summed E-state index contributed by atoms with van der Waals surface area (Å²) in [6.07, 6.45) is -0.979. The van der Waals surface area contributed by atoms with Crippen LogP contribution in [0.1, 0.15) is 11.8 Å². The number of alkyl halides is 1. The van der Waals surface area contributed by atoms with Crippen molar-refractivity contribution in [3.63, 3.8) is 0 Å². The summed E-state index contributed by atoms with van der Waals surface area (Å²) in [4.78, 5) is 3.64. The van der Waals surface area contributed by atoms with E-state index in [0.717, 1.165) is 0 Å². The topological polar surface area (TPSA) is 53.4 Å². The number of hydrogen-bond acceptors (Lipinski definition) is 3. The van der Waals surface area contributed by atoms with Crippen LogP contribution in [0.25, 0.3) is 0 Å².